The molecule has 0 aliphatic heterocycles. The fourth-order valence-corrected chi connectivity index (χ4v) is 2.98. The van der Waals surface area contributed by atoms with Crippen molar-refractivity contribution in [3.63, 3.8) is 0 Å². The standard InChI is InChI=1S/C21H32N2O7.Na/c1-3-17(24)22-12-5-7-14-29-21(11-9-10-16(19(21)26)20(27)28)30-15-8-6-13-23-18(25)4-2;/h3-4,26H,1-2,5-15H2,(H,22,24)(H,23,25)(H,27,28);/q;+1/p-1. The molecule has 0 fully saturated rings. The molecule has 9 nitrogen and oxygen atoms in total. The van der Waals surface area contributed by atoms with Crippen molar-refractivity contribution in [2.45, 2.75) is 50.7 Å². The molecule has 31 heavy (non-hydrogen) atoms. The average molecular weight is 446 g/mol. The molecule has 0 spiro atoms. The summed E-state index contributed by atoms with van der Waals surface area (Å²) in [5.41, 5.74) is -0.210. The zero-order valence-electron chi connectivity index (χ0n) is 18.2. The van der Waals surface area contributed by atoms with Crippen molar-refractivity contribution in [2.24, 2.45) is 0 Å². The van der Waals surface area contributed by atoms with E-state index in [1.54, 1.807) is 0 Å². The first-order valence-corrected chi connectivity index (χ1v) is 10.1. The molecule has 1 aliphatic carbocycles. The van der Waals surface area contributed by atoms with E-state index in [-0.39, 0.29) is 66.6 Å². The second kappa shape index (κ2) is 16.0. The van der Waals surface area contributed by atoms with Crippen molar-refractivity contribution in [2.75, 3.05) is 26.3 Å². The van der Waals surface area contributed by atoms with Crippen molar-refractivity contribution in [1.29, 1.82) is 0 Å². The Bertz CT molecular complexity index is 632. The number of nitrogens with one attached hydrogen (secondary N) is 2. The van der Waals surface area contributed by atoms with E-state index in [1.165, 1.54) is 12.2 Å². The van der Waals surface area contributed by atoms with Gasteiger partial charge in [0.15, 0.2) is 5.76 Å². The number of ether oxygens (including phenoxy) is 2. The zero-order valence-corrected chi connectivity index (χ0v) is 20.2. The summed E-state index contributed by atoms with van der Waals surface area (Å²) < 4.78 is 11.6. The van der Waals surface area contributed by atoms with Crippen LogP contribution in [0.25, 0.3) is 0 Å². The van der Waals surface area contributed by atoms with Gasteiger partial charge in [-0.25, -0.2) is 0 Å². The first-order valence-electron chi connectivity index (χ1n) is 10.1. The first-order chi connectivity index (χ1) is 14.4. The second-order valence-corrected chi connectivity index (χ2v) is 6.82. The van der Waals surface area contributed by atoms with Crippen LogP contribution in [0.4, 0.5) is 0 Å². The Morgan fingerprint density at radius 2 is 1.48 bits per heavy atom. The topological polar surface area (TPSA) is 137 Å². The summed E-state index contributed by atoms with van der Waals surface area (Å²) in [7, 11) is 0. The number of hydrogen-bond acceptors (Lipinski definition) is 7. The van der Waals surface area contributed by atoms with Crippen LogP contribution in [0.3, 0.4) is 0 Å². The predicted molar refractivity (Wildman–Crippen MR) is 108 cm³/mol. The molecule has 0 aromatic rings. The van der Waals surface area contributed by atoms with Crippen LogP contribution >= 0.6 is 0 Å². The van der Waals surface area contributed by atoms with E-state index < -0.39 is 17.5 Å². The number of hydrogen-bond donors (Lipinski definition) is 3. The van der Waals surface area contributed by atoms with Crippen molar-refractivity contribution in [1.82, 2.24) is 10.6 Å². The largest absolute Gasteiger partial charge is 1.00 e. The molecule has 0 bridgehead atoms. The Labute approximate surface area is 205 Å². The van der Waals surface area contributed by atoms with Gasteiger partial charge < -0.3 is 35.1 Å². The van der Waals surface area contributed by atoms with Gasteiger partial charge in [0.1, 0.15) is 0 Å². The van der Waals surface area contributed by atoms with Gasteiger partial charge in [-0.3, -0.25) is 9.59 Å². The van der Waals surface area contributed by atoms with Gasteiger partial charge >= 0.3 is 29.6 Å². The SMILES string of the molecule is C=CC(=O)NCCCCOC1(OCCCCNC(=O)C=C)CCCC(C(=O)[O-])=C1O.[Na+]. The van der Waals surface area contributed by atoms with Crippen LogP contribution in [-0.4, -0.2) is 55.0 Å². The maximum Gasteiger partial charge on any atom is 1.00 e. The molecule has 0 radical (unpaired) electrons. The van der Waals surface area contributed by atoms with Crippen LogP contribution in [0.15, 0.2) is 36.6 Å². The predicted octanol–water partition coefficient (Wildman–Crippen LogP) is -2.37. The monoisotopic (exact) mass is 446 g/mol. The third-order valence-electron chi connectivity index (χ3n) is 4.61. The quantitative estimate of drug-likeness (QED) is 0.111. The Morgan fingerprint density at radius 1 is 1.00 bits per heavy atom. The minimum atomic E-state index is -1.53. The third-order valence-corrected chi connectivity index (χ3v) is 4.61. The number of carboxylic acids is 1. The van der Waals surface area contributed by atoms with Crippen LogP contribution in [0.5, 0.6) is 0 Å². The number of rotatable bonds is 15. The van der Waals surface area contributed by atoms with Gasteiger partial charge in [0.05, 0.1) is 19.2 Å². The summed E-state index contributed by atoms with van der Waals surface area (Å²) in [5.74, 6) is -3.93. The van der Waals surface area contributed by atoms with Gasteiger partial charge in [0, 0.05) is 25.1 Å². The van der Waals surface area contributed by atoms with Crippen LogP contribution < -0.4 is 45.3 Å². The molecule has 0 saturated heterocycles. The Balaban J connectivity index is 0.00000900. The van der Waals surface area contributed by atoms with Gasteiger partial charge in [0.25, 0.3) is 0 Å². The normalized spacial score (nSPS) is 14.8. The minimum Gasteiger partial charge on any atom is -0.545 e. The Morgan fingerprint density at radius 3 is 1.90 bits per heavy atom. The Kier molecular flexibility index (Phi) is 15.2. The van der Waals surface area contributed by atoms with Crippen LogP contribution in [0.2, 0.25) is 0 Å². The van der Waals surface area contributed by atoms with E-state index in [0.717, 1.165) is 0 Å². The van der Waals surface area contributed by atoms with E-state index in [2.05, 4.69) is 23.8 Å². The van der Waals surface area contributed by atoms with E-state index in [4.69, 9.17) is 9.47 Å². The minimum absolute atomic E-state index is 0. The summed E-state index contributed by atoms with van der Waals surface area (Å²) in [6.45, 7) is 8.07. The molecule has 1 rings (SSSR count). The molecule has 3 N–H and O–H groups in total. The summed E-state index contributed by atoms with van der Waals surface area (Å²) in [4.78, 5) is 33.6. The van der Waals surface area contributed by atoms with Crippen LogP contribution in [0.1, 0.15) is 44.9 Å². The number of amides is 2. The molecular weight excluding hydrogens is 415 g/mol. The van der Waals surface area contributed by atoms with Crippen LogP contribution in [-0.2, 0) is 23.9 Å². The molecule has 0 aromatic heterocycles. The van der Waals surface area contributed by atoms with Crippen molar-refractivity contribution < 1.29 is 63.6 Å². The van der Waals surface area contributed by atoms with Gasteiger partial charge in [-0.15, -0.1) is 0 Å². The number of unbranched alkanes of at least 4 members (excludes halogenated alkanes) is 2. The van der Waals surface area contributed by atoms with Crippen LogP contribution in [0, 0.1) is 0 Å². The summed E-state index contributed by atoms with van der Waals surface area (Å²) in [6, 6.07) is 0. The molecule has 10 heteroatoms. The van der Waals surface area contributed by atoms with Gasteiger partial charge in [-0.1, -0.05) is 13.2 Å². The molecule has 0 unspecified atom stereocenters. The molecule has 0 aromatic carbocycles. The third kappa shape index (κ3) is 10.5. The summed E-state index contributed by atoms with van der Waals surface area (Å²) >= 11 is 0. The van der Waals surface area contributed by atoms with E-state index >= 15 is 0 Å². The molecule has 168 valence electrons. The van der Waals surface area contributed by atoms with Crippen molar-refractivity contribution >= 4 is 17.8 Å². The average Bonchev–Trinajstić information content (AvgIpc) is 2.73. The van der Waals surface area contributed by atoms with E-state index in [1.807, 2.05) is 0 Å². The number of carbonyl (C=O) groups is 3. The number of carboxylic acid groups (broad SMARTS) is 1. The fraction of sp³-hybridized carbons (Fsp3) is 0.571. The van der Waals surface area contributed by atoms with Gasteiger partial charge in [0.2, 0.25) is 17.6 Å². The first kappa shape index (κ1) is 29.4. The maximum atomic E-state index is 11.3. The number of aliphatic hydroxyl groups is 1. The zero-order chi connectivity index (χ0) is 22.4. The Hall–Kier alpha value is -1.65. The van der Waals surface area contributed by atoms with E-state index in [0.29, 0.717) is 51.6 Å². The second-order valence-electron chi connectivity index (χ2n) is 6.82. The summed E-state index contributed by atoms with van der Waals surface area (Å²) in [5, 5.41) is 27.2. The number of carbonyl (C=O) groups excluding carboxylic acids is 3. The maximum absolute atomic E-state index is 11.3. The van der Waals surface area contributed by atoms with Crippen molar-refractivity contribution in [3.8, 4) is 0 Å². The molecule has 2 amide bonds. The van der Waals surface area contributed by atoms with E-state index in [9.17, 15) is 24.6 Å². The molecule has 1 aliphatic rings. The number of aliphatic carboxylic acids is 1. The summed E-state index contributed by atoms with van der Waals surface area (Å²) in [6.07, 6.45) is 5.77. The molecule has 0 saturated carbocycles. The molecule has 0 atom stereocenters. The number of aliphatic hydroxyl groups excluding tert-OH is 1. The van der Waals surface area contributed by atoms with Crippen molar-refractivity contribution in [3.05, 3.63) is 36.6 Å². The fourth-order valence-electron chi connectivity index (χ4n) is 2.98. The molecular formula is C21H31N2NaO7. The molecule has 0 heterocycles. The smallest absolute Gasteiger partial charge is 0.545 e. The van der Waals surface area contributed by atoms with Gasteiger partial charge in [-0.2, -0.15) is 0 Å². The van der Waals surface area contributed by atoms with Gasteiger partial charge in [-0.05, 0) is 50.7 Å².